The van der Waals surface area contributed by atoms with E-state index in [1.54, 1.807) is 24.5 Å². The zero-order valence-corrected chi connectivity index (χ0v) is 14.0. The molecule has 2 heterocycles. The maximum absolute atomic E-state index is 12.5. The smallest absolute Gasteiger partial charge is 0.255 e. The quantitative estimate of drug-likeness (QED) is 0.745. The topological polar surface area (TPSA) is 67.0 Å². The molecule has 1 aromatic carbocycles. The van der Waals surface area contributed by atoms with Crippen molar-refractivity contribution < 1.29 is 9.53 Å². The van der Waals surface area contributed by atoms with Gasteiger partial charge in [-0.3, -0.25) is 9.89 Å². The molecule has 0 spiro atoms. The van der Waals surface area contributed by atoms with Crippen molar-refractivity contribution in [3.63, 3.8) is 0 Å². The van der Waals surface area contributed by atoms with E-state index in [-0.39, 0.29) is 5.91 Å². The van der Waals surface area contributed by atoms with Crippen molar-refractivity contribution in [1.29, 1.82) is 0 Å². The minimum Gasteiger partial charge on any atom is -0.495 e. The first-order valence-electron chi connectivity index (χ1n) is 7.82. The molecule has 0 aliphatic heterocycles. The highest BCUT2D eigenvalue weighted by molar-refractivity contribution is 7.08. The SMILES string of the molecule is COc1c(C(=O)NC2CC2)ccc2[nH]nc(C=Cc3ccsc3)c12. The first kappa shape index (κ1) is 15.0. The Balaban J connectivity index is 1.76. The van der Waals surface area contributed by atoms with Gasteiger partial charge in [0.25, 0.3) is 5.91 Å². The van der Waals surface area contributed by atoms with E-state index in [0.29, 0.717) is 17.4 Å². The van der Waals surface area contributed by atoms with Gasteiger partial charge in [0.1, 0.15) is 5.75 Å². The summed E-state index contributed by atoms with van der Waals surface area (Å²) in [6.07, 6.45) is 6.04. The van der Waals surface area contributed by atoms with Crippen molar-refractivity contribution in [2.24, 2.45) is 0 Å². The Kier molecular flexibility index (Phi) is 3.82. The lowest BCUT2D eigenvalue weighted by Crippen LogP contribution is -2.25. The summed E-state index contributed by atoms with van der Waals surface area (Å²) in [5, 5.41) is 15.3. The molecule has 0 saturated heterocycles. The summed E-state index contributed by atoms with van der Waals surface area (Å²) in [7, 11) is 1.59. The maximum Gasteiger partial charge on any atom is 0.255 e. The van der Waals surface area contributed by atoms with Crippen LogP contribution in [0.1, 0.15) is 34.5 Å². The molecule has 24 heavy (non-hydrogen) atoms. The molecular formula is C18H17N3O2S. The summed E-state index contributed by atoms with van der Waals surface area (Å²) >= 11 is 1.65. The molecule has 1 saturated carbocycles. The van der Waals surface area contributed by atoms with Gasteiger partial charge in [0, 0.05) is 6.04 Å². The fourth-order valence-corrected chi connectivity index (χ4v) is 3.28. The normalized spacial score (nSPS) is 14.4. The van der Waals surface area contributed by atoms with Crippen LogP contribution in [0.4, 0.5) is 0 Å². The number of hydrogen-bond donors (Lipinski definition) is 2. The van der Waals surface area contributed by atoms with Crippen LogP contribution in [0, 0.1) is 0 Å². The number of ether oxygens (including phenoxy) is 1. The van der Waals surface area contributed by atoms with E-state index in [1.165, 1.54) is 0 Å². The second-order valence-electron chi connectivity index (χ2n) is 5.82. The number of amides is 1. The minimum absolute atomic E-state index is 0.0924. The first-order valence-corrected chi connectivity index (χ1v) is 8.77. The average molecular weight is 339 g/mol. The molecule has 0 bridgehead atoms. The molecule has 0 atom stereocenters. The van der Waals surface area contributed by atoms with E-state index < -0.39 is 0 Å². The van der Waals surface area contributed by atoms with Crippen LogP contribution in [-0.4, -0.2) is 29.3 Å². The van der Waals surface area contributed by atoms with Crippen molar-refractivity contribution in [2.45, 2.75) is 18.9 Å². The molecule has 3 aromatic rings. The monoisotopic (exact) mass is 339 g/mol. The fourth-order valence-electron chi connectivity index (χ4n) is 2.65. The van der Waals surface area contributed by atoms with Crippen molar-refractivity contribution in [1.82, 2.24) is 15.5 Å². The van der Waals surface area contributed by atoms with Crippen LogP contribution in [0.5, 0.6) is 5.75 Å². The molecule has 0 radical (unpaired) electrons. The van der Waals surface area contributed by atoms with Gasteiger partial charge in [-0.05, 0) is 53.4 Å². The Labute approximate surface area is 143 Å². The first-order chi connectivity index (χ1) is 11.8. The summed E-state index contributed by atoms with van der Waals surface area (Å²) in [6.45, 7) is 0. The zero-order valence-electron chi connectivity index (χ0n) is 13.2. The van der Waals surface area contributed by atoms with E-state index in [4.69, 9.17) is 4.74 Å². The van der Waals surface area contributed by atoms with E-state index in [2.05, 4.69) is 20.9 Å². The Morgan fingerprint density at radius 2 is 2.25 bits per heavy atom. The number of rotatable bonds is 5. The van der Waals surface area contributed by atoms with Crippen molar-refractivity contribution in [2.75, 3.05) is 7.11 Å². The van der Waals surface area contributed by atoms with Gasteiger partial charge >= 0.3 is 0 Å². The number of carbonyl (C=O) groups excluding carboxylic acids is 1. The summed E-state index contributed by atoms with van der Waals surface area (Å²) in [6, 6.07) is 6.00. The van der Waals surface area contributed by atoms with Crippen LogP contribution in [-0.2, 0) is 0 Å². The zero-order chi connectivity index (χ0) is 16.5. The van der Waals surface area contributed by atoms with Crippen molar-refractivity contribution in [3.8, 4) is 5.75 Å². The predicted molar refractivity (Wildman–Crippen MR) is 96.4 cm³/mol. The van der Waals surface area contributed by atoms with Crippen LogP contribution in [0.25, 0.3) is 23.1 Å². The molecule has 1 amide bonds. The van der Waals surface area contributed by atoms with Gasteiger partial charge in [0.2, 0.25) is 0 Å². The molecule has 1 aliphatic rings. The van der Waals surface area contributed by atoms with E-state index in [9.17, 15) is 4.79 Å². The third kappa shape index (κ3) is 2.80. The molecule has 2 N–H and O–H groups in total. The third-order valence-electron chi connectivity index (χ3n) is 4.05. The van der Waals surface area contributed by atoms with Crippen LogP contribution >= 0.6 is 11.3 Å². The van der Waals surface area contributed by atoms with E-state index >= 15 is 0 Å². The average Bonchev–Trinajstić information content (AvgIpc) is 3.10. The highest BCUT2D eigenvalue weighted by Crippen LogP contribution is 2.33. The minimum atomic E-state index is -0.0924. The Bertz CT molecular complexity index is 908. The van der Waals surface area contributed by atoms with Crippen LogP contribution < -0.4 is 10.1 Å². The lowest BCUT2D eigenvalue weighted by atomic mass is 10.1. The van der Waals surface area contributed by atoms with Gasteiger partial charge in [-0.2, -0.15) is 16.4 Å². The lowest BCUT2D eigenvalue weighted by molar-refractivity contribution is 0.0948. The van der Waals surface area contributed by atoms with Crippen molar-refractivity contribution >= 4 is 40.3 Å². The number of methoxy groups -OCH3 is 1. The number of thiophene rings is 1. The van der Waals surface area contributed by atoms with Gasteiger partial charge < -0.3 is 10.1 Å². The summed E-state index contributed by atoms with van der Waals surface area (Å²) < 4.78 is 5.57. The highest BCUT2D eigenvalue weighted by atomic mass is 32.1. The maximum atomic E-state index is 12.5. The van der Waals surface area contributed by atoms with Gasteiger partial charge in [-0.1, -0.05) is 6.08 Å². The van der Waals surface area contributed by atoms with Gasteiger partial charge in [0.05, 0.1) is 29.3 Å². The molecule has 122 valence electrons. The molecule has 4 rings (SSSR count). The summed E-state index contributed by atoms with van der Waals surface area (Å²) in [4.78, 5) is 12.5. The molecule has 5 nitrogen and oxygen atoms in total. The van der Waals surface area contributed by atoms with Gasteiger partial charge in [-0.15, -0.1) is 0 Å². The largest absolute Gasteiger partial charge is 0.495 e. The predicted octanol–water partition coefficient (Wildman–Crippen LogP) is 3.70. The summed E-state index contributed by atoms with van der Waals surface area (Å²) in [5.74, 6) is 0.467. The van der Waals surface area contributed by atoms with Crippen molar-refractivity contribution in [3.05, 3.63) is 45.8 Å². The fraction of sp³-hybridized carbons (Fsp3) is 0.222. The molecule has 1 fully saturated rings. The lowest BCUT2D eigenvalue weighted by Gasteiger charge is -2.10. The highest BCUT2D eigenvalue weighted by Gasteiger charge is 2.26. The molecule has 2 aromatic heterocycles. The number of benzene rings is 1. The Hall–Kier alpha value is -2.60. The Morgan fingerprint density at radius 1 is 1.38 bits per heavy atom. The number of H-pyrrole nitrogens is 1. The molecule has 1 aliphatic carbocycles. The van der Waals surface area contributed by atoms with Gasteiger partial charge in [-0.25, -0.2) is 0 Å². The summed E-state index contributed by atoms with van der Waals surface area (Å²) in [5.41, 5.74) is 3.27. The van der Waals surface area contributed by atoms with E-state index in [0.717, 1.165) is 35.0 Å². The number of hydrogen-bond acceptors (Lipinski definition) is 4. The second-order valence-corrected chi connectivity index (χ2v) is 6.60. The van der Waals surface area contributed by atoms with Crippen LogP contribution in [0.3, 0.4) is 0 Å². The number of carbonyl (C=O) groups is 1. The molecule has 6 heteroatoms. The number of nitrogens with one attached hydrogen (secondary N) is 2. The molecular weight excluding hydrogens is 322 g/mol. The van der Waals surface area contributed by atoms with E-state index in [1.807, 2.05) is 29.7 Å². The Morgan fingerprint density at radius 3 is 2.96 bits per heavy atom. The standard InChI is InChI=1S/C18H17N3O2S/c1-23-17-13(18(22)19-12-3-4-12)5-7-15-16(17)14(20-21-15)6-2-11-8-9-24-10-11/h2,5-10,12H,3-4H2,1H3,(H,19,22)(H,20,21). The molecule has 0 unspecified atom stereocenters. The third-order valence-corrected chi connectivity index (χ3v) is 4.75. The number of nitrogens with zero attached hydrogens (tertiary/aromatic N) is 1. The van der Waals surface area contributed by atoms with Gasteiger partial charge in [0.15, 0.2) is 0 Å². The van der Waals surface area contributed by atoms with Crippen LogP contribution in [0.15, 0.2) is 29.0 Å². The number of fused-ring (bicyclic) bond motifs is 1. The van der Waals surface area contributed by atoms with Crippen LogP contribution in [0.2, 0.25) is 0 Å². The number of aromatic amines is 1. The second kappa shape index (κ2) is 6.13. The number of aromatic nitrogens is 2.